The van der Waals surface area contributed by atoms with Gasteiger partial charge in [-0.05, 0) is 50.2 Å². The molecule has 1 aromatic carbocycles. The van der Waals surface area contributed by atoms with Crippen LogP contribution in [0.2, 0.25) is 0 Å². The lowest BCUT2D eigenvalue weighted by Crippen LogP contribution is -2.35. The number of benzene rings is 1. The Labute approximate surface area is 127 Å². The van der Waals surface area contributed by atoms with Gasteiger partial charge in [0.25, 0.3) is 0 Å². The first-order valence-corrected chi connectivity index (χ1v) is 8.65. The first-order valence-electron chi connectivity index (χ1n) is 7.17. The fourth-order valence-corrected chi connectivity index (χ4v) is 3.20. The van der Waals surface area contributed by atoms with Crippen molar-refractivity contribution in [2.45, 2.75) is 32.1 Å². The summed E-state index contributed by atoms with van der Waals surface area (Å²) in [6, 6.07) is 6.57. The molecule has 0 aliphatic rings. The van der Waals surface area contributed by atoms with E-state index in [1.807, 2.05) is 6.07 Å². The molecule has 116 valence electrons. The number of nitriles is 1. The van der Waals surface area contributed by atoms with E-state index in [4.69, 9.17) is 5.26 Å². The molecule has 0 spiro atoms. The number of hydrogen-bond acceptors (Lipinski definition) is 4. The van der Waals surface area contributed by atoms with Gasteiger partial charge in [0.2, 0.25) is 10.0 Å². The Hall–Kier alpha value is -1.42. The predicted octanol–water partition coefficient (Wildman–Crippen LogP) is 1.88. The van der Waals surface area contributed by atoms with Gasteiger partial charge >= 0.3 is 0 Å². The van der Waals surface area contributed by atoms with E-state index < -0.39 is 10.0 Å². The second-order valence-electron chi connectivity index (χ2n) is 4.92. The Bertz CT molecular complexity index is 606. The maximum Gasteiger partial charge on any atom is 0.240 e. The Kier molecular flexibility index (Phi) is 6.82. The van der Waals surface area contributed by atoms with Gasteiger partial charge in [0, 0.05) is 13.1 Å². The molecule has 0 amide bonds. The first-order chi connectivity index (χ1) is 9.94. The summed E-state index contributed by atoms with van der Waals surface area (Å²) in [5.74, 6) is 0. The summed E-state index contributed by atoms with van der Waals surface area (Å²) in [7, 11) is -3.51. The highest BCUT2D eigenvalue weighted by Gasteiger charge is 2.15. The molecule has 21 heavy (non-hydrogen) atoms. The first kappa shape index (κ1) is 17.6. The van der Waals surface area contributed by atoms with Gasteiger partial charge < -0.3 is 4.90 Å². The molecule has 0 fully saturated rings. The van der Waals surface area contributed by atoms with E-state index in [-0.39, 0.29) is 4.90 Å². The van der Waals surface area contributed by atoms with Gasteiger partial charge in [-0.3, -0.25) is 0 Å². The van der Waals surface area contributed by atoms with Crippen LogP contribution in [-0.4, -0.2) is 39.5 Å². The van der Waals surface area contributed by atoms with Crippen LogP contribution in [0.1, 0.15) is 31.4 Å². The van der Waals surface area contributed by atoms with Crippen LogP contribution in [0.15, 0.2) is 23.1 Å². The summed E-state index contributed by atoms with van der Waals surface area (Å²) in [6.45, 7) is 8.85. The molecule has 0 aliphatic heterocycles. The number of likely N-dealkylation sites (N-methyl/N-ethyl adjacent to an activating group) is 1. The third-order valence-electron chi connectivity index (χ3n) is 3.34. The third-order valence-corrected chi connectivity index (χ3v) is 4.79. The van der Waals surface area contributed by atoms with Gasteiger partial charge in [-0.1, -0.05) is 13.8 Å². The fraction of sp³-hybridized carbons (Fsp3) is 0.533. The summed E-state index contributed by atoms with van der Waals surface area (Å²) in [5, 5.41) is 8.87. The molecule has 1 aromatic rings. The van der Waals surface area contributed by atoms with Crippen LogP contribution in [0.25, 0.3) is 0 Å². The molecule has 0 saturated heterocycles. The van der Waals surface area contributed by atoms with Gasteiger partial charge in [-0.15, -0.1) is 0 Å². The van der Waals surface area contributed by atoms with Gasteiger partial charge in [-0.25, -0.2) is 13.1 Å². The van der Waals surface area contributed by atoms with Crippen LogP contribution in [-0.2, 0) is 10.0 Å². The molecular weight excluding hydrogens is 286 g/mol. The van der Waals surface area contributed by atoms with Crippen molar-refractivity contribution in [3.8, 4) is 6.07 Å². The van der Waals surface area contributed by atoms with E-state index in [1.165, 1.54) is 12.1 Å². The summed E-state index contributed by atoms with van der Waals surface area (Å²) in [4.78, 5) is 2.41. The molecule has 1 N–H and O–H groups in total. The Morgan fingerprint density at radius 3 is 2.52 bits per heavy atom. The predicted molar refractivity (Wildman–Crippen MR) is 83.5 cm³/mol. The van der Waals surface area contributed by atoms with Crippen LogP contribution in [0.4, 0.5) is 0 Å². The van der Waals surface area contributed by atoms with E-state index in [0.29, 0.717) is 24.2 Å². The maximum atomic E-state index is 12.2. The van der Waals surface area contributed by atoms with Crippen molar-refractivity contribution in [3.05, 3.63) is 29.3 Å². The molecule has 0 atom stereocenters. The molecular formula is C15H23N3O2S. The lowest BCUT2D eigenvalue weighted by atomic mass is 10.1. The molecule has 0 heterocycles. The van der Waals surface area contributed by atoms with E-state index in [2.05, 4.69) is 23.5 Å². The highest BCUT2D eigenvalue weighted by Crippen LogP contribution is 2.14. The monoisotopic (exact) mass is 309 g/mol. The summed E-state index contributed by atoms with van der Waals surface area (Å²) in [6.07, 6.45) is 1.05. The highest BCUT2D eigenvalue weighted by atomic mass is 32.2. The molecule has 0 radical (unpaired) electrons. The van der Waals surface area contributed by atoms with Crippen molar-refractivity contribution >= 4 is 10.0 Å². The van der Waals surface area contributed by atoms with Crippen molar-refractivity contribution in [1.29, 1.82) is 5.26 Å². The van der Waals surface area contributed by atoms with Gasteiger partial charge in [0.1, 0.15) is 0 Å². The average molecular weight is 309 g/mol. The molecule has 6 heteroatoms. The van der Waals surface area contributed by atoms with E-state index >= 15 is 0 Å². The SMILES string of the molecule is CCCN(CC)CCNS(=O)(=O)c1ccc(C#N)c(C)c1. The minimum Gasteiger partial charge on any atom is -0.302 e. The Balaban J connectivity index is 2.70. The van der Waals surface area contributed by atoms with Crippen molar-refractivity contribution in [3.63, 3.8) is 0 Å². The zero-order chi connectivity index (χ0) is 15.9. The number of rotatable bonds is 8. The molecule has 0 aromatic heterocycles. The molecule has 1 rings (SSSR count). The largest absolute Gasteiger partial charge is 0.302 e. The highest BCUT2D eigenvalue weighted by molar-refractivity contribution is 7.89. The molecule has 0 aliphatic carbocycles. The van der Waals surface area contributed by atoms with Gasteiger partial charge in [0.05, 0.1) is 16.5 Å². The Morgan fingerprint density at radius 1 is 1.29 bits per heavy atom. The number of nitrogens with zero attached hydrogens (tertiary/aromatic N) is 2. The molecule has 0 saturated carbocycles. The fourth-order valence-electron chi connectivity index (χ4n) is 2.09. The van der Waals surface area contributed by atoms with Crippen LogP contribution in [0, 0.1) is 18.3 Å². The maximum absolute atomic E-state index is 12.2. The van der Waals surface area contributed by atoms with Crippen LogP contribution >= 0.6 is 0 Å². The minimum absolute atomic E-state index is 0.206. The van der Waals surface area contributed by atoms with Crippen molar-refractivity contribution < 1.29 is 8.42 Å². The molecule has 5 nitrogen and oxygen atoms in total. The topological polar surface area (TPSA) is 73.2 Å². The summed E-state index contributed by atoms with van der Waals surface area (Å²) < 4.78 is 27.0. The summed E-state index contributed by atoms with van der Waals surface area (Å²) >= 11 is 0. The lowest BCUT2D eigenvalue weighted by Gasteiger charge is -2.19. The van der Waals surface area contributed by atoms with Crippen molar-refractivity contribution in [2.75, 3.05) is 26.2 Å². The van der Waals surface area contributed by atoms with Crippen molar-refractivity contribution in [1.82, 2.24) is 9.62 Å². The van der Waals surface area contributed by atoms with Gasteiger partial charge in [0.15, 0.2) is 0 Å². The van der Waals surface area contributed by atoms with E-state index in [0.717, 1.165) is 19.5 Å². The minimum atomic E-state index is -3.51. The number of nitrogens with one attached hydrogen (secondary N) is 1. The number of sulfonamides is 1. The number of hydrogen-bond donors (Lipinski definition) is 1. The van der Waals surface area contributed by atoms with E-state index in [9.17, 15) is 8.42 Å². The standard InChI is InChI=1S/C15H23N3O2S/c1-4-9-18(5-2)10-8-17-21(19,20)15-7-6-14(12-16)13(3)11-15/h6-7,11,17H,4-5,8-10H2,1-3H3. The van der Waals surface area contributed by atoms with Crippen LogP contribution in [0.5, 0.6) is 0 Å². The van der Waals surface area contributed by atoms with E-state index in [1.54, 1.807) is 13.0 Å². The lowest BCUT2D eigenvalue weighted by molar-refractivity contribution is 0.293. The van der Waals surface area contributed by atoms with Crippen molar-refractivity contribution in [2.24, 2.45) is 0 Å². The van der Waals surface area contributed by atoms with Gasteiger partial charge in [-0.2, -0.15) is 5.26 Å². The second-order valence-corrected chi connectivity index (χ2v) is 6.69. The smallest absolute Gasteiger partial charge is 0.240 e. The summed E-state index contributed by atoms with van der Waals surface area (Å²) in [5.41, 5.74) is 1.16. The third kappa shape index (κ3) is 5.12. The number of aryl methyl sites for hydroxylation is 1. The Morgan fingerprint density at radius 2 is 2.00 bits per heavy atom. The van der Waals surface area contributed by atoms with Crippen LogP contribution in [0.3, 0.4) is 0 Å². The zero-order valence-corrected chi connectivity index (χ0v) is 13.7. The van der Waals surface area contributed by atoms with Crippen LogP contribution < -0.4 is 4.72 Å². The quantitative estimate of drug-likeness (QED) is 0.795. The molecule has 0 unspecified atom stereocenters. The molecule has 0 bridgehead atoms. The average Bonchev–Trinajstić information content (AvgIpc) is 2.46. The normalized spacial score (nSPS) is 11.6. The zero-order valence-electron chi connectivity index (χ0n) is 12.9. The second kappa shape index (κ2) is 8.13.